The summed E-state index contributed by atoms with van der Waals surface area (Å²) in [5, 5.41) is 2.42. The van der Waals surface area contributed by atoms with E-state index in [4.69, 9.17) is 33.2 Å². The van der Waals surface area contributed by atoms with Crippen molar-refractivity contribution >= 4 is 65.1 Å². The van der Waals surface area contributed by atoms with Gasteiger partial charge in [0.05, 0.1) is 23.1 Å². The fraction of sp³-hybridized carbons (Fsp3) is 0.200. The van der Waals surface area contributed by atoms with Gasteiger partial charge in [0, 0.05) is 10.6 Å². The lowest BCUT2D eigenvalue weighted by Crippen LogP contribution is -2.09. The van der Waals surface area contributed by atoms with Crippen LogP contribution in [0.2, 0.25) is 0 Å². The van der Waals surface area contributed by atoms with Gasteiger partial charge < -0.3 is 4.74 Å². The molecule has 0 N–H and O–H groups in total. The van der Waals surface area contributed by atoms with Crippen LogP contribution in [0.3, 0.4) is 0 Å². The van der Waals surface area contributed by atoms with Crippen molar-refractivity contribution in [2.24, 2.45) is 0 Å². The monoisotopic (exact) mass is 434 g/mol. The minimum Gasteiger partial charge on any atom is -0.497 e. The summed E-state index contributed by atoms with van der Waals surface area (Å²) in [5.41, 5.74) is 1.06. The number of hydrogen-bond acceptors (Lipinski definition) is 7. The Morgan fingerprint density at radius 1 is 0.833 bits per heavy atom. The van der Waals surface area contributed by atoms with E-state index in [1.165, 1.54) is 17.7 Å². The molecule has 0 unspecified atom stereocenters. The molecule has 1 heterocycles. The van der Waals surface area contributed by atoms with Gasteiger partial charge >= 0.3 is 0 Å². The second kappa shape index (κ2) is 7.81. The number of hydrogen-bond donors (Lipinski definition) is 0. The van der Waals surface area contributed by atoms with Gasteiger partial charge in [-0.1, -0.05) is 69.9 Å². The first-order chi connectivity index (χ1) is 11.5. The molecule has 2 aromatic carbocycles. The van der Waals surface area contributed by atoms with E-state index in [2.05, 4.69) is 29.2 Å². The van der Waals surface area contributed by atoms with E-state index in [1.807, 2.05) is 46.3 Å². The molecule has 3 rings (SSSR count). The van der Waals surface area contributed by atoms with E-state index in [9.17, 15) is 0 Å². The van der Waals surface area contributed by atoms with Crippen LogP contribution in [0.5, 0.6) is 5.75 Å². The van der Waals surface area contributed by atoms with Gasteiger partial charge in [-0.15, -0.1) is 0 Å². The number of rotatable bonds is 6. The highest BCUT2D eigenvalue weighted by molar-refractivity contribution is 9.48. The van der Waals surface area contributed by atoms with Crippen molar-refractivity contribution in [1.82, 2.24) is 0 Å². The molecule has 1 aliphatic heterocycles. The van der Waals surface area contributed by atoms with E-state index in [-0.39, 0.29) is 0 Å². The van der Waals surface area contributed by atoms with Crippen LogP contribution >= 0.6 is 30.9 Å². The first kappa shape index (κ1) is 18.9. The molecule has 1 fully saturated rings. The van der Waals surface area contributed by atoms with E-state index >= 15 is 0 Å². The molecular weight excluding hydrogens is 418 g/mol. The van der Waals surface area contributed by atoms with Gasteiger partial charge in [0.25, 0.3) is 0 Å². The summed E-state index contributed by atoms with van der Waals surface area (Å²) in [4.78, 5) is 9.57. The van der Waals surface area contributed by atoms with Crippen LogP contribution in [0.25, 0.3) is 0 Å². The summed E-state index contributed by atoms with van der Waals surface area (Å²) in [7, 11) is 3.17. The maximum Gasteiger partial charge on any atom is 0.118 e. The Kier molecular flexibility index (Phi) is 6.16. The smallest absolute Gasteiger partial charge is 0.118 e. The van der Waals surface area contributed by atoms with Crippen LogP contribution in [-0.4, -0.2) is 14.2 Å². The summed E-state index contributed by atoms with van der Waals surface area (Å²) in [6, 6.07) is 16.4. The summed E-state index contributed by atoms with van der Waals surface area (Å²) in [5.74, 6) is 0.851. The fourth-order valence-corrected chi connectivity index (χ4v) is 44.4. The van der Waals surface area contributed by atoms with Crippen LogP contribution in [0.1, 0.15) is 5.56 Å². The third-order valence-electron chi connectivity index (χ3n) is 3.41. The van der Waals surface area contributed by atoms with E-state index in [1.54, 1.807) is 7.11 Å². The van der Waals surface area contributed by atoms with Gasteiger partial charge in [0.15, 0.2) is 0 Å². The highest BCUT2D eigenvalue weighted by atomic mass is 33.7. The molecule has 0 radical (unpaired) electrons. The van der Waals surface area contributed by atoms with Gasteiger partial charge in [0.1, 0.15) is 12.4 Å². The lowest BCUT2D eigenvalue weighted by atomic mass is 10.2. The average Bonchev–Trinajstić information content (AvgIpc) is 2.59. The lowest BCUT2D eigenvalue weighted by Gasteiger charge is -2.40. The quantitative estimate of drug-likeness (QED) is 0.365. The Balaban J connectivity index is 1.73. The summed E-state index contributed by atoms with van der Waals surface area (Å²) < 4.78 is 1.85. The number of benzene rings is 2. The molecule has 0 atom stereocenters. The molecule has 9 heteroatoms. The zero-order valence-corrected chi connectivity index (χ0v) is 18.1. The van der Waals surface area contributed by atoms with Crippen molar-refractivity contribution in [3.63, 3.8) is 0 Å². The van der Waals surface area contributed by atoms with Gasteiger partial charge in [-0.25, -0.2) is 9.78 Å². The predicted octanol–water partition coefficient (Wildman–Crippen LogP) is 4.82. The Hall–Kier alpha value is 0.160. The van der Waals surface area contributed by atoms with Crippen LogP contribution in [0.15, 0.2) is 48.5 Å². The molecule has 0 amide bonds. The molecule has 0 bridgehead atoms. The molecular formula is C15H16O3P2S4. The Labute approximate surface area is 159 Å². The third kappa shape index (κ3) is 3.94. The van der Waals surface area contributed by atoms with Gasteiger partial charge in [-0.3, -0.25) is 0 Å². The highest BCUT2D eigenvalue weighted by Crippen LogP contribution is 3.04. The molecule has 0 aromatic heterocycles. The highest BCUT2D eigenvalue weighted by Gasteiger charge is 2.45. The topological polar surface area (TPSA) is 27.7 Å². The molecule has 2 aromatic rings. The molecule has 0 spiro atoms. The Morgan fingerprint density at radius 3 is 1.79 bits per heavy atom. The van der Waals surface area contributed by atoms with Crippen molar-refractivity contribution in [3.8, 4) is 5.75 Å². The van der Waals surface area contributed by atoms with Gasteiger partial charge in [-0.05, 0) is 29.8 Å². The molecule has 24 heavy (non-hydrogen) atoms. The molecule has 128 valence electrons. The zero-order valence-electron chi connectivity index (χ0n) is 13.1. The summed E-state index contributed by atoms with van der Waals surface area (Å²) >= 11 is 15.6. The maximum atomic E-state index is 5.94. The summed E-state index contributed by atoms with van der Waals surface area (Å²) in [6.45, 7) is 0.434. The van der Waals surface area contributed by atoms with Crippen LogP contribution < -0.4 is 15.3 Å². The second-order valence-corrected chi connectivity index (χ2v) is 26.2. The summed E-state index contributed by atoms with van der Waals surface area (Å²) in [6.07, 6.45) is 0. The van der Waals surface area contributed by atoms with Crippen molar-refractivity contribution in [2.45, 2.75) is 6.61 Å². The standard InChI is InChI=1S/C15H16O3P2S4/c1-16-13-5-9-15(10-6-13)20(22)23-19(21,24-20)14-7-3-12(4-8-14)11-18-17-2/h3-10H,11H2,1-2H3. The normalized spacial score (nSPS) is 25.9. The lowest BCUT2D eigenvalue weighted by molar-refractivity contribution is -0.282. The fourth-order valence-electron chi connectivity index (χ4n) is 2.14. The predicted molar refractivity (Wildman–Crippen MR) is 114 cm³/mol. The minimum atomic E-state index is -1.69. The first-order valence-corrected chi connectivity index (χ1v) is 16.7. The van der Waals surface area contributed by atoms with Crippen LogP contribution in [0, 0.1) is 0 Å². The maximum absolute atomic E-state index is 5.94. The first-order valence-electron chi connectivity index (χ1n) is 7.01. The molecule has 0 aliphatic carbocycles. The van der Waals surface area contributed by atoms with Crippen molar-refractivity contribution in [1.29, 1.82) is 0 Å². The SMILES string of the molecule is COOCc1ccc(P2(=S)SP(=S)(c3ccc(OC)cc3)S2)cc1. The van der Waals surface area contributed by atoms with Gasteiger partial charge in [0.2, 0.25) is 0 Å². The van der Waals surface area contributed by atoms with Crippen molar-refractivity contribution in [2.75, 3.05) is 14.2 Å². The Morgan fingerprint density at radius 2 is 1.33 bits per heavy atom. The number of ether oxygens (including phenoxy) is 1. The number of methoxy groups -OCH3 is 1. The van der Waals surface area contributed by atoms with Gasteiger partial charge in [-0.2, -0.15) is 0 Å². The van der Waals surface area contributed by atoms with Crippen molar-refractivity contribution < 1.29 is 14.5 Å². The largest absolute Gasteiger partial charge is 0.497 e. The molecule has 1 aliphatic rings. The minimum absolute atomic E-state index is 0.434. The molecule has 1 saturated heterocycles. The third-order valence-corrected chi connectivity index (χ3v) is 34.6. The molecule has 3 nitrogen and oxygen atoms in total. The van der Waals surface area contributed by atoms with Crippen molar-refractivity contribution in [3.05, 3.63) is 54.1 Å². The Bertz CT molecular complexity index is 794. The zero-order chi connectivity index (χ0) is 17.2. The van der Waals surface area contributed by atoms with E-state index in [0.29, 0.717) is 6.61 Å². The van der Waals surface area contributed by atoms with Crippen LogP contribution in [-0.2, 0) is 40.0 Å². The average molecular weight is 435 g/mol. The van der Waals surface area contributed by atoms with E-state index < -0.39 is 8.88 Å². The second-order valence-electron chi connectivity index (χ2n) is 4.95. The molecule has 0 saturated carbocycles. The van der Waals surface area contributed by atoms with E-state index in [0.717, 1.165) is 11.3 Å². The van der Waals surface area contributed by atoms with Crippen LogP contribution in [0.4, 0.5) is 0 Å².